The summed E-state index contributed by atoms with van der Waals surface area (Å²) in [6.07, 6.45) is 1.24. The van der Waals surface area contributed by atoms with E-state index < -0.39 is 8.24 Å². The van der Waals surface area contributed by atoms with Crippen molar-refractivity contribution in [2.75, 3.05) is 11.1 Å². The summed E-state index contributed by atoms with van der Waals surface area (Å²) in [5, 5.41) is 5.18. The normalized spacial score (nSPS) is 16.8. The van der Waals surface area contributed by atoms with Gasteiger partial charge in [0, 0.05) is 11.9 Å². The number of nitrogens with zero attached hydrogens (tertiary/aromatic N) is 2. The molecule has 0 unspecified atom stereocenters. The van der Waals surface area contributed by atoms with E-state index in [1.165, 1.54) is 22.8 Å². The molecule has 0 spiro atoms. The van der Waals surface area contributed by atoms with Gasteiger partial charge in [0.2, 0.25) is 8.24 Å². The lowest BCUT2D eigenvalue weighted by Crippen LogP contribution is -2.67. The van der Waals surface area contributed by atoms with Crippen LogP contribution in [0.3, 0.4) is 0 Å². The fourth-order valence-corrected chi connectivity index (χ4v) is 9.31. The molecule has 0 N–H and O–H groups in total. The summed E-state index contributed by atoms with van der Waals surface area (Å²) >= 11 is 1.69. The van der Waals surface area contributed by atoms with Gasteiger partial charge in [0.15, 0.2) is 0 Å². The van der Waals surface area contributed by atoms with E-state index in [1.54, 1.807) is 11.3 Å². The van der Waals surface area contributed by atoms with Crippen LogP contribution in [-0.2, 0) is 0 Å². The highest BCUT2D eigenvalue weighted by Gasteiger charge is 2.47. The van der Waals surface area contributed by atoms with Gasteiger partial charge in [-0.1, -0.05) is 60.7 Å². The Morgan fingerprint density at radius 3 is 2.09 bits per heavy atom. The molecule has 2 nitrogen and oxygen atoms in total. The van der Waals surface area contributed by atoms with E-state index in [1.807, 2.05) is 5.51 Å². The van der Waals surface area contributed by atoms with Crippen LogP contribution in [0.15, 0.2) is 71.6 Å². The van der Waals surface area contributed by atoms with Crippen LogP contribution in [0.5, 0.6) is 0 Å². The highest BCUT2D eigenvalue weighted by molar-refractivity contribution is 7.09. The van der Waals surface area contributed by atoms with Crippen molar-refractivity contribution in [3.8, 4) is 0 Å². The van der Waals surface area contributed by atoms with Crippen LogP contribution in [-0.4, -0.2) is 19.8 Å². The SMILES string of the molecule is c1ccc([Si]2(c3ccccc3)CCCN2c2cscn2)cc1. The molecule has 2 heterocycles. The molecule has 4 rings (SSSR count). The third kappa shape index (κ3) is 2.10. The van der Waals surface area contributed by atoms with Crippen molar-refractivity contribution in [1.82, 2.24) is 4.98 Å². The first kappa shape index (κ1) is 13.7. The zero-order valence-corrected chi connectivity index (χ0v) is 14.2. The Balaban J connectivity index is 1.93. The summed E-state index contributed by atoms with van der Waals surface area (Å²) in [6, 6.07) is 23.4. The average Bonchev–Trinajstić information content (AvgIpc) is 3.26. The lowest BCUT2D eigenvalue weighted by atomic mass is 10.4. The first-order chi connectivity index (χ1) is 10.9. The molecule has 3 aromatic rings. The number of anilines is 1. The first-order valence-corrected chi connectivity index (χ1v) is 10.8. The van der Waals surface area contributed by atoms with Crippen molar-refractivity contribution in [3.05, 3.63) is 71.6 Å². The largest absolute Gasteiger partial charge is 0.374 e. The van der Waals surface area contributed by atoms with Crippen LogP contribution in [0.1, 0.15) is 6.42 Å². The third-order valence-electron chi connectivity index (χ3n) is 4.58. The van der Waals surface area contributed by atoms with E-state index in [2.05, 4.69) is 75.6 Å². The van der Waals surface area contributed by atoms with Gasteiger partial charge < -0.3 is 4.57 Å². The minimum Gasteiger partial charge on any atom is -0.374 e. The second kappa shape index (κ2) is 5.70. The molecule has 1 saturated heterocycles. The molecule has 0 bridgehead atoms. The number of thiazole rings is 1. The summed E-state index contributed by atoms with van der Waals surface area (Å²) in [5.74, 6) is 1.15. The smallest absolute Gasteiger partial charge is 0.221 e. The van der Waals surface area contributed by atoms with Gasteiger partial charge in [-0.3, -0.25) is 0 Å². The van der Waals surface area contributed by atoms with Crippen molar-refractivity contribution < 1.29 is 0 Å². The Bertz CT molecular complexity index is 689. The molecule has 110 valence electrons. The number of aromatic nitrogens is 1. The zero-order chi connectivity index (χ0) is 14.8. The van der Waals surface area contributed by atoms with Crippen molar-refractivity contribution in [2.45, 2.75) is 12.5 Å². The van der Waals surface area contributed by atoms with E-state index in [0.29, 0.717) is 0 Å². The molecule has 0 amide bonds. The van der Waals surface area contributed by atoms with Crippen molar-refractivity contribution in [3.63, 3.8) is 0 Å². The van der Waals surface area contributed by atoms with Gasteiger partial charge in [0.25, 0.3) is 0 Å². The molecule has 1 aliphatic rings. The van der Waals surface area contributed by atoms with Crippen LogP contribution < -0.4 is 14.9 Å². The highest BCUT2D eigenvalue weighted by Crippen LogP contribution is 2.31. The Morgan fingerprint density at radius 1 is 0.909 bits per heavy atom. The summed E-state index contributed by atoms with van der Waals surface area (Å²) in [4.78, 5) is 4.62. The standard InChI is InChI=1S/C18H18N2SSi/c1-3-8-16(9-4-1)22(17-10-5-2-6-11-17)13-7-12-20(22)18-14-21-15-19-18/h1-6,8-11,14-15H,7,12-13H2. The van der Waals surface area contributed by atoms with Gasteiger partial charge in [-0.05, 0) is 22.8 Å². The van der Waals surface area contributed by atoms with E-state index >= 15 is 0 Å². The Hall–Kier alpha value is -1.91. The van der Waals surface area contributed by atoms with Gasteiger partial charge in [0.05, 0.1) is 5.51 Å². The molecular weight excluding hydrogens is 304 g/mol. The second-order valence-electron chi connectivity index (χ2n) is 5.69. The molecule has 22 heavy (non-hydrogen) atoms. The molecule has 2 aromatic carbocycles. The predicted molar refractivity (Wildman–Crippen MR) is 96.8 cm³/mol. The highest BCUT2D eigenvalue weighted by atomic mass is 32.1. The molecule has 1 aliphatic heterocycles. The molecule has 4 heteroatoms. The van der Waals surface area contributed by atoms with Crippen LogP contribution in [0.4, 0.5) is 5.82 Å². The zero-order valence-electron chi connectivity index (χ0n) is 12.4. The van der Waals surface area contributed by atoms with Gasteiger partial charge in [0.1, 0.15) is 5.82 Å². The van der Waals surface area contributed by atoms with Gasteiger partial charge >= 0.3 is 0 Å². The Kier molecular flexibility index (Phi) is 3.56. The Morgan fingerprint density at radius 2 is 1.55 bits per heavy atom. The summed E-state index contributed by atoms with van der Waals surface area (Å²) in [6.45, 7) is 1.11. The van der Waals surface area contributed by atoms with Crippen molar-refractivity contribution in [1.29, 1.82) is 0 Å². The molecule has 0 radical (unpaired) electrons. The molecule has 0 atom stereocenters. The van der Waals surface area contributed by atoms with Gasteiger partial charge in [-0.15, -0.1) is 11.3 Å². The fraction of sp³-hybridized carbons (Fsp3) is 0.167. The number of hydrogen-bond acceptors (Lipinski definition) is 3. The molecule has 0 aliphatic carbocycles. The van der Waals surface area contributed by atoms with E-state index in [9.17, 15) is 0 Å². The third-order valence-corrected chi connectivity index (χ3v) is 10.2. The maximum Gasteiger partial charge on any atom is 0.221 e. The van der Waals surface area contributed by atoms with Crippen LogP contribution in [0, 0.1) is 0 Å². The average molecular weight is 323 g/mol. The van der Waals surface area contributed by atoms with Crippen molar-refractivity contribution in [2.24, 2.45) is 0 Å². The van der Waals surface area contributed by atoms with Gasteiger partial charge in [-0.2, -0.15) is 0 Å². The summed E-state index contributed by atoms with van der Waals surface area (Å²) in [7, 11) is -1.94. The topological polar surface area (TPSA) is 16.1 Å². The van der Waals surface area contributed by atoms with E-state index in [0.717, 1.165) is 12.4 Å². The van der Waals surface area contributed by atoms with Gasteiger partial charge in [-0.25, -0.2) is 4.98 Å². The predicted octanol–water partition coefficient (Wildman–Crippen LogP) is 3.11. The molecule has 1 aromatic heterocycles. The molecule has 0 saturated carbocycles. The first-order valence-electron chi connectivity index (χ1n) is 7.68. The second-order valence-corrected chi connectivity index (χ2v) is 10.3. The Labute approximate surface area is 136 Å². The monoisotopic (exact) mass is 322 g/mol. The minimum absolute atomic E-state index is 1.11. The van der Waals surface area contributed by atoms with Crippen LogP contribution in [0.2, 0.25) is 6.04 Å². The molecular formula is C18H18N2SSi. The lowest BCUT2D eigenvalue weighted by molar-refractivity contribution is 0.971. The van der Waals surface area contributed by atoms with Crippen LogP contribution >= 0.6 is 11.3 Å². The molecule has 1 fully saturated rings. The summed E-state index contributed by atoms with van der Waals surface area (Å²) < 4.78 is 2.62. The number of rotatable bonds is 3. The number of benzene rings is 2. The maximum atomic E-state index is 4.62. The maximum absolute atomic E-state index is 4.62. The van der Waals surface area contributed by atoms with Crippen LogP contribution in [0.25, 0.3) is 0 Å². The number of hydrogen-bond donors (Lipinski definition) is 0. The minimum atomic E-state index is -1.94. The quantitative estimate of drug-likeness (QED) is 0.689. The lowest BCUT2D eigenvalue weighted by Gasteiger charge is -2.37. The summed E-state index contributed by atoms with van der Waals surface area (Å²) in [5.41, 5.74) is 1.95. The van der Waals surface area contributed by atoms with Crippen molar-refractivity contribution >= 4 is 35.8 Å². The van der Waals surface area contributed by atoms with E-state index in [4.69, 9.17) is 0 Å². The fourth-order valence-electron chi connectivity index (χ4n) is 3.66. The van der Waals surface area contributed by atoms with E-state index in [-0.39, 0.29) is 0 Å².